The lowest BCUT2D eigenvalue weighted by Crippen LogP contribution is -2.21. The molecule has 1 aromatic rings. The van der Waals surface area contributed by atoms with E-state index in [1.807, 2.05) is 0 Å². The van der Waals surface area contributed by atoms with Gasteiger partial charge in [-0.1, -0.05) is 0 Å². The van der Waals surface area contributed by atoms with Crippen molar-refractivity contribution in [3.63, 3.8) is 0 Å². The van der Waals surface area contributed by atoms with E-state index >= 15 is 0 Å². The molecule has 1 atom stereocenters. The Hall–Kier alpha value is -1.36. The van der Waals surface area contributed by atoms with Crippen LogP contribution in [0.1, 0.15) is 0 Å². The van der Waals surface area contributed by atoms with E-state index in [1.165, 1.54) is 24.5 Å². The quantitative estimate of drug-likeness (QED) is 0.811. The summed E-state index contributed by atoms with van der Waals surface area (Å²) >= 11 is 0. The first-order chi connectivity index (χ1) is 5.70. The van der Waals surface area contributed by atoms with Crippen molar-refractivity contribution in [2.45, 2.75) is 6.36 Å². The molecule has 4 nitrogen and oxygen atoms in total. The van der Waals surface area contributed by atoms with Gasteiger partial charge in [-0.2, -0.15) is 4.39 Å². The Balaban J connectivity index is 0.00000144. The molecule has 13 heavy (non-hydrogen) atoms. The molecule has 0 aliphatic heterocycles. The summed E-state index contributed by atoms with van der Waals surface area (Å²) in [7, 11) is 0. The van der Waals surface area contributed by atoms with Crippen molar-refractivity contribution in [2.75, 3.05) is 0 Å². The van der Waals surface area contributed by atoms with Crippen LogP contribution >= 0.6 is 12.4 Å². The number of carbonyl (C=O) groups is 1. The second-order valence-corrected chi connectivity index (χ2v) is 1.96. The van der Waals surface area contributed by atoms with Crippen molar-refractivity contribution in [1.29, 1.82) is 0 Å². The van der Waals surface area contributed by atoms with Crippen molar-refractivity contribution in [2.24, 2.45) is 0 Å². The predicted molar refractivity (Wildman–Crippen MR) is 44.6 cm³/mol. The molecule has 1 heterocycles. The van der Waals surface area contributed by atoms with Gasteiger partial charge in [0.15, 0.2) is 0 Å². The number of hydrogen-bond donors (Lipinski definition) is 1. The van der Waals surface area contributed by atoms with Crippen LogP contribution < -0.4 is 4.74 Å². The van der Waals surface area contributed by atoms with E-state index in [-0.39, 0.29) is 18.2 Å². The average molecular weight is 208 g/mol. The van der Waals surface area contributed by atoms with Crippen LogP contribution in [0.15, 0.2) is 24.5 Å². The van der Waals surface area contributed by atoms with E-state index in [1.54, 1.807) is 0 Å². The van der Waals surface area contributed by atoms with Crippen LogP contribution in [0.3, 0.4) is 0 Å². The maximum absolute atomic E-state index is 12.4. The summed E-state index contributed by atoms with van der Waals surface area (Å²) in [6, 6.07) is 2.94. The number of aromatic nitrogens is 1. The molecule has 1 rings (SSSR count). The predicted octanol–water partition coefficient (Wildman–Crippen LogP) is 1.26. The van der Waals surface area contributed by atoms with E-state index in [0.717, 1.165) is 0 Å². The molecular formula is C7H7ClFNO3. The molecule has 0 aromatic carbocycles. The molecule has 0 saturated carbocycles. The maximum atomic E-state index is 12.4. The van der Waals surface area contributed by atoms with Crippen molar-refractivity contribution >= 4 is 18.4 Å². The Morgan fingerprint density at radius 1 is 1.69 bits per heavy atom. The van der Waals surface area contributed by atoms with Crippen LogP contribution in [-0.4, -0.2) is 22.4 Å². The second kappa shape index (κ2) is 5.31. The highest BCUT2D eigenvalue weighted by atomic mass is 35.5. The summed E-state index contributed by atoms with van der Waals surface area (Å²) in [6.07, 6.45) is 0.366. The normalized spacial score (nSPS) is 11.2. The zero-order chi connectivity index (χ0) is 8.97. The molecule has 0 spiro atoms. The van der Waals surface area contributed by atoms with E-state index in [4.69, 9.17) is 5.11 Å². The molecule has 0 bridgehead atoms. The van der Waals surface area contributed by atoms with Gasteiger partial charge in [-0.25, -0.2) is 4.79 Å². The lowest BCUT2D eigenvalue weighted by Gasteiger charge is -2.05. The highest BCUT2D eigenvalue weighted by molar-refractivity contribution is 5.85. The minimum atomic E-state index is -2.34. The molecule has 1 N–H and O–H groups in total. The Labute approximate surface area is 79.8 Å². The molecule has 0 radical (unpaired) electrons. The van der Waals surface area contributed by atoms with Gasteiger partial charge in [-0.3, -0.25) is 4.98 Å². The van der Waals surface area contributed by atoms with E-state index in [9.17, 15) is 9.18 Å². The highest BCUT2D eigenvalue weighted by Gasteiger charge is 2.16. The van der Waals surface area contributed by atoms with Gasteiger partial charge in [-0.05, 0) is 12.1 Å². The Kier molecular flexibility index (Phi) is 4.76. The monoisotopic (exact) mass is 207 g/mol. The first kappa shape index (κ1) is 11.6. The maximum Gasteiger partial charge on any atom is 0.378 e. The number of ether oxygens (including phenoxy) is 1. The second-order valence-electron chi connectivity index (χ2n) is 1.96. The smallest absolute Gasteiger partial charge is 0.378 e. The third kappa shape index (κ3) is 3.71. The molecule has 0 fully saturated rings. The Bertz CT molecular complexity index is 270. The van der Waals surface area contributed by atoms with Crippen LogP contribution in [-0.2, 0) is 4.79 Å². The number of rotatable bonds is 3. The first-order valence-electron chi connectivity index (χ1n) is 3.13. The van der Waals surface area contributed by atoms with E-state index in [2.05, 4.69) is 9.72 Å². The van der Waals surface area contributed by atoms with Crippen molar-refractivity contribution in [1.82, 2.24) is 4.98 Å². The summed E-state index contributed by atoms with van der Waals surface area (Å²) in [5.74, 6) is -1.56. The fourth-order valence-corrected chi connectivity index (χ4v) is 0.587. The highest BCUT2D eigenvalue weighted by Crippen LogP contribution is 2.09. The van der Waals surface area contributed by atoms with Gasteiger partial charge in [0.1, 0.15) is 5.75 Å². The van der Waals surface area contributed by atoms with Crippen LogP contribution in [0.2, 0.25) is 0 Å². The topological polar surface area (TPSA) is 59.4 Å². The molecule has 6 heteroatoms. The SMILES string of the molecule is Cl.O=C(O)C(F)Oc1cccnc1. The molecule has 0 saturated heterocycles. The van der Waals surface area contributed by atoms with Gasteiger partial charge in [-0.15, -0.1) is 12.4 Å². The first-order valence-corrected chi connectivity index (χ1v) is 3.13. The average Bonchev–Trinajstić information content (AvgIpc) is 2.06. The summed E-state index contributed by atoms with van der Waals surface area (Å²) < 4.78 is 16.7. The summed E-state index contributed by atoms with van der Waals surface area (Å²) in [4.78, 5) is 13.6. The van der Waals surface area contributed by atoms with Gasteiger partial charge in [0, 0.05) is 6.20 Å². The van der Waals surface area contributed by atoms with Crippen molar-refractivity contribution in [3.05, 3.63) is 24.5 Å². The van der Waals surface area contributed by atoms with Crippen molar-refractivity contribution in [3.8, 4) is 5.75 Å². The largest absolute Gasteiger partial charge is 0.476 e. The van der Waals surface area contributed by atoms with Crippen LogP contribution in [0.4, 0.5) is 4.39 Å². The summed E-state index contributed by atoms with van der Waals surface area (Å²) in [6.45, 7) is 0. The van der Waals surface area contributed by atoms with Crippen molar-refractivity contribution < 1.29 is 19.0 Å². The van der Waals surface area contributed by atoms with Gasteiger partial charge >= 0.3 is 12.3 Å². The van der Waals surface area contributed by atoms with Gasteiger partial charge in [0.2, 0.25) is 0 Å². The molecule has 0 aliphatic carbocycles. The van der Waals surface area contributed by atoms with Gasteiger partial charge < -0.3 is 9.84 Å². The van der Waals surface area contributed by atoms with Crippen LogP contribution in [0, 0.1) is 0 Å². The minimum Gasteiger partial charge on any atom is -0.476 e. The Morgan fingerprint density at radius 2 is 2.38 bits per heavy atom. The summed E-state index contributed by atoms with van der Waals surface area (Å²) in [5, 5.41) is 8.12. The fourth-order valence-electron chi connectivity index (χ4n) is 0.587. The number of carboxylic acid groups (broad SMARTS) is 1. The zero-order valence-corrected chi connectivity index (χ0v) is 7.20. The molecular weight excluding hydrogens is 201 g/mol. The van der Waals surface area contributed by atoms with Crippen LogP contribution in [0.25, 0.3) is 0 Å². The number of alkyl halides is 1. The number of aliphatic carboxylic acids is 1. The molecule has 72 valence electrons. The van der Waals surface area contributed by atoms with E-state index in [0.29, 0.717) is 0 Å². The third-order valence-electron chi connectivity index (χ3n) is 1.07. The molecule has 0 amide bonds. The molecule has 1 unspecified atom stereocenters. The number of pyridine rings is 1. The summed E-state index contributed by atoms with van der Waals surface area (Å²) in [5.41, 5.74) is 0. The lowest BCUT2D eigenvalue weighted by atomic mass is 10.5. The zero-order valence-electron chi connectivity index (χ0n) is 6.38. The third-order valence-corrected chi connectivity index (χ3v) is 1.07. The molecule has 1 aromatic heterocycles. The number of hydrogen-bond acceptors (Lipinski definition) is 3. The van der Waals surface area contributed by atoms with Gasteiger partial charge in [0.25, 0.3) is 0 Å². The Morgan fingerprint density at radius 3 is 2.85 bits per heavy atom. The van der Waals surface area contributed by atoms with Crippen LogP contribution in [0.5, 0.6) is 5.75 Å². The van der Waals surface area contributed by atoms with Gasteiger partial charge in [0.05, 0.1) is 6.20 Å². The fraction of sp³-hybridized carbons (Fsp3) is 0.143. The number of halogens is 2. The minimum absolute atomic E-state index is 0. The molecule has 0 aliphatic rings. The number of nitrogens with zero attached hydrogens (tertiary/aromatic N) is 1. The lowest BCUT2D eigenvalue weighted by molar-refractivity contribution is -0.153. The standard InChI is InChI=1S/C7H6FNO3.ClH/c8-6(7(10)11)12-5-2-1-3-9-4-5;/h1-4,6H,(H,10,11);1H. The van der Waals surface area contributed by atoms with E-state index < -0.39 is 12.3 Å². The number of carboxylic acids is 1.